The van der Waals surface area contributed by atoms with Crippen molar-refractivity contribution in [3.05, 3.63) is 35.6 Å². The minimum Gasteiger partial charge on any atom is -0.508 e. The molecule has 0 spiro atoms. The zero-order valence-corrected chi connectivity index (χ0v) is 8.33. The fourth-order valence-electron chi connectivity index (χ4n) is 1.41. The van der Waals surface area contributed by atoms with Gasteiger partial charge in [0.25, 0.3) is 0 Å². The fraction of sp³-hybridized carbons (Fsp3) is 0.455. The Morgan fingerprint density at radius 2 is 2.23 bits per heavy atom. The number of nitrogens with zero attached hydrogens (tertiary/aromatic N) is 1. The van der Waals surface area contributed by atoms with E-state index in [4.69, 9.17) is 0 Å². The minimum atomic E-state index is 0.337. The SMILES string of the molecule is C\C1=C/C(O)=C\C=C\CCN(C)C1. The summed E-state index contributed by atoms with van der Waals surface area (Å²) >= 11 is 0. The molecule has 0 saturated heterocycles. The highest BCUT2D eigenvalue weighted by atomic mass is 16.3. The molecular weight excluding hydrogens is 162 g/mol. The van der Waals surface area contributed by atoms with Gasteiger partial charge in [0, 0.05) is 13.1 Å². The number of hydrogen-bond acceptors (Lipinski definition) is 2. The van der Waals surface area contributed by atoms with Gasteiger partial charge in [-0.1, -0.05) is 17.7 Å². The third-order valence-electron chi connectivity index (χ3n) is 1.99. The summed E-state index contributed by atoms with van der Waals surface area (Å²) in [5, 5.41) is 9.40. The van der Waals surface area contributed by atoms with Crippen LogP contribution in [0.1, 0.15) is 13.3 Å². The van der Waals surface area contributed by atoms with E-state index in [1.54, 1.807) is 6.08 Å². The average molecular weight is 179 g/mol. The highest BCUT2D eigenvalue weighted by molar-refractivity contribution is 5.22. The Balaban J connectivity index is 2.75. The highest BCUT2D eigenvalue weighted by Gasteiger charge is 1.99. The molecule has 0 saturated carbocycles. The van der Waals surface area contributed by atoms with Crippen molar-refractivity contribution in [3.63, 3.8) is 0 Å². The largest absolute Gasteiger partial charge is 0.508 e. The molecule has 1 aliphatic rings. The van der Waals surface area contributed by atoms with Crippen molar-refractivity contribution in [1.82, 2.24) is 4.90 Å². The van der Waals surface area contributed by atoms with Gasteiger partial charge in [-0.3, -0.25) is 0 Å². The van der Waals surface area contributed by atoms with Crippen LogP contribution >= 0.6 is 0 Å². The topological polar surface area (TPSA) is 23.5 Å². The standard InChI is InChI=1S/C11H17NO/c1-10-8-11(13)6-4-3-5-7-12(2)9-10/h3-4,6,8,13H,5,7,9H2,1-2H3/b4-3+,10-8+,11-6+. The van der Waals surface area contributed by atoms with E-state index in [1.807, 2.05) is 19.1 Å². The van der Waals surface area contributed by atoms with Crippen LogP contribution in [0.4, 0.5) is 0 Å². The van der Waals surface area contributed by atoms with Crippen molar-refractivity contribution in [1.29, 1.82) is 0 Å². The van der Waals surface area contributed by atoms with Crippen LogP contribution in [0.15, 0.2) is 35.6 Å². The summed E-state index contributed by atoms with van der Waals surface area (Å²) < 4.78 is 0. The quantitative estimate of drug-likeness (QED) is 0.616. The molecule has 0 aromatic rings. The summed E-state index contributed by atoms with van der Waals surface area (Å²) in [6.07, 6.45) is 8.55. The molecule has 2 nitrogen and oxygen atoms in total. The van der Waals surface area contributed by atoms with E-state index in [0.717, 1.165) is 19.5 Å². The van der Waals surface area contributed by atoms with Gasteiger partial charge in [-0.25, -0.2) is 0 Å². The van der Waals surface area contributed by atoms with Crippen molar-refractivity contribution in [2.75, 3.05) is 20.1 Å². The summed E-state index contributed by atoms with van der Waals surface area (Å²) in [4.78, 5) is 2.24. The van der Waals surface area contributed by atoms with Gasteiger partial charge in [-0.2, -0.15) is 0 Å². The first-order valence-corrected chi connectivity index (χ1v) is 4.60. The predicted molar refractivity (Wildman–Crippen MR) is 55.7 cm³/mol. The third-order valence-corrected chi connectivity index (χ3v) is 1.99. The molecule has 1 heterocycles. The first-order valence-electron chi connectivity index (χ1n) is 4.60. The maximum Gasteiger partial charge on any atom is 0.115 e. The molecule has 0 atom stereocenters. The highest BCUT2D eigenvalue weighted by Crippen LogP contribution is 2.04. The van der Waals surface area contributed by atoms with Crippen molar-refractivity contribution in [3.8, 4) is 0 Å². The van der Waals surface area contributed by atoms with Gasteiger partial charge in [0.15, 0.2) is 0 Å². The van der Waals surface area contributed by atoms with Crippen molar-refractivity contribution < 1.29 is 5.11 Å². The van der Waals surface area contributed by atoms with Crippen LogP contribution < -0.4 is 0 Å². The summed E-state index contributed by atoms with van der Waals surface area (Å²) in [6.45, 7) is 4.02. The first-order chi connectivity index (χ1) is 6.18. The van der Waals surface area contributed by atoms with Crippen LogP contribution in [-0.2, 0) is 0 Å². The Labute approximate surface area is 79.9 Å². The molecule has 13 heavy (non-hydrogen) atoms. The van der Waals surface area contributed by atoms with Crippen LogP contribution in [0.25, 0.3) is 0 Å². The molecule has 0 amide bonds. The molecule has 1 aliphatic heterocycles. The third kappa shape index (κ3) is 3.95. The molecular formula is C11H17NO. The zero-order chi connectivity index (χ0) is 9.68. The van der Waals surface area contributed by atoms with E-state index >= 15 is 0 Å². The molecule has 1 N–H and O–H groups in total. The predicted octanol–water partition coefficient (Wildman–Crippen LogP) is 2.27. The number of allylic oxidation sites excluding steroid dienone is 3. The molecule has 72 valence electrons. The maximum absolute atomic E-state index is 9.40. The number of aliphatic hydroxyl groups is 1. The van der Waals surface area contributed by atoms with E-state index in [1.165, 1.54) is 5.57 Å². The van der Waals surface area contributed by atoms with Gasteiger partial charge in [0.05, 0.1) is 0 Å². The Kier molecular flexibility index (Phi) is 3.77. The van der Waals surface area contributed by atoms with Crippen LogP contribution in [0, 0.1) is 0 Å². The van der Waals surface area contributed by atoms with Crippen molar-refractivity contribution in [2.45, 2.75) is 13.3 Å². The van der Waals surface area contributed by atoms with Crippen LogP contribution in [-0.4, -0.2) is 30.1 Å². The van der Waals surface area contributed by atoms with Crippen LogP contribution in [0.3, 0.4) is 0 Å². The Bertz CT molecular complexity index is 251. The average Bonchev–Trinajstić information content (AvgIpc) is 2.02. The van der Waals surface area contributed by atoms with Crippen LogP contribution in [0.5, 0.6) is 0 Å². The number of likely N-dealkylation sites (N-methyl/N-ethyl adjacent to an activating group) is 1. The lowest BCUT2D eigenvalue weighted by molar-refractivity contribution is 0.367. The molecule has 0 unspecified atom stereocenters. The van der Waals surface area contributed by atoms with Crippen LogP contribution in [0.2, 0.25) is 0 Å². The second-order valence-corrected chi connectivity index (χ2v) is 3.54. The smallest absolute Gasteiger partial charge is 0.115 e. The van der Waals surface area contributed by atoms with Gasteiger partial charge in [-0.15, -0.1) is 0 Å². The first kappa shape index (κ1) is 10.1. The molecule has 0 fully saturated rings. The van der Waals surface area contributed by atoms with Crippen molar-refractivity contribution in [2.24, 2.45) is 0 Å². The normalized spacial score (nSPS) is 31.2. The molecule has 0 aromatic carbocycles. The molecule has 0 aromatic heterocycles. The Hall–Kier alpha value is -1.02. The summed E-state index contributed by atoms with van der Waals surface area (Å²) in [6, 6.07) is 0. The molecule has 0 radical (unpaired) electrons. The monoisotopic (exact) mass is 179 g/mol. The zero-order valence-electron chi connectivity index (χ0n) is 8.33. The molecule has 0 aliphatic carbocycles. The van der Waals surface area contributed by atoms with Gasteiger partial charge in [0.1, 0.15) is 5.76 Å². The van der Waals surface area contributed by atoms with E-state index in [0.29, 0.717) is 5.76 Å². The van der Waals surface area contributed by atoms with Gasteiger partial charge < -0.3 is 10.0 Å². The van der Waals surface area contributed by atoms with E-state index in [9.17, 15) is 5.11 Å². The van der Waals surface area contributed by atoms with Gasteiger partial charge >= 0.3 is 0 Å². The van der Waals surface area contributed by atoms with Gasteiger partial charge in [0.2, 0.25) is 0 Å². The maximum atomic E-state index is 9.40. The second kappa shape index (κ2) is 4.87. The van der Waals surface area contributed by atoms with Crippen molar-refractivity contribution >= 4 is 0 Å². The van der Waals surface area contributed by atoms with E-state index in [2.05, 4.69) is 18.0 Å². The second-order valence-electron chi connectivity index (χ2n) is 3.54. The lowest BCUT2D eigenvalue weighted by atomic mass is 10.2. The summed E-state index contributed by atoms with van der Waals surface area (Å²) in [5.74, 6) is 0.337. The Morgan fingerprint density at radius 3 is 3.00 bits per heavy atom. The fourth-order valence-corrected chi connectivity index (χ4v) is 1.41. The number of aliphatic hydroxyl groups excluding tert-OH is 1. The lowest BCUT2D eigenvalue weighted by Crippen LogP contribution is -2.21. The number of rotatable bonds is 0. The minimum absolute atomic E-state index is 0.337. The summed E-state index contributed by atoms with van der Waals surface area (Å²) in [7, 11) is 2.09. The number of hydrogen-bond donors (Lipinski definition) is 1. The molecule has 1 rings (SSSR count). The van der Waals surface area contributed by atoms with Gasteiger partial charge in [-0.05, 0) is 32.5 Å². The van der Waals surface area contributed by atoms with E-state index in [-0.39, 0.29) is 0 Å². The lowest BCUT2D eigenvalue weighted by Gasteiger charge is -2.16. The molecule has 0 bridgehead atoms. The Morgan fingerprint density at radius 1 is 1.46 bits per heavy atom. The molecule has 2 heteroatoms. The summed E-state index contributed by atoms with van der Waals surface area (Å²) in [5.41, 5.74) is 1.19. The van der Waals surface area contributed by atoms with E-state index < -0.39 is 0 Å².